The smallest absolute Gasteiger partial charge is 0.259 e. The minimum absolute atomic E-state index is 0.218. The molecule has 1 unspecified atom stereocenters. The third-order valence-corrected chi connectivity index (χ3v) is 7.72. The van der Waals surface area contributed by atoms with Crippen molar-refractivity contribution in [3.05, 3.63) is 83.7 Å². The number of hydrogen-bond acceptors (Lipinski definition) is 5. The Morgan fingerprint density at radius 1 is 1.13 bits per heavy atom. The number of anilines is 2. The average Bonchev–Trinajstić information content (AvgIpc) is 2.88. The summed E-state index contributed by atoms with van der Waals surface area (Å²) in [5, 5.41) is 3.08. The van der Waals surface area contributed by atoms with E-state index in [1.807, 2.05) is 75.4 Å². The van der Waals surface area contributed by atoms with Gasteiger partial charge in [0.15, 0.2) is 0 Å². The lowest BCUT2D eigenvalue weighted by Crippen LogP contribution is -2.63. The molecule has 1 aliphatic carbocycles. The van der Waals surface area contributed by atoms with Gasteiger partial charge in [-0.25, -0.2) is 0 Å². The van der Waals surface area contributed by atoms with Gasteiger partial charge in [0.25, 0.3) is 5.91 Å². The Morgan fingerprint density at radius 2 is 1.92 bits per heavy atom. The molecule has 0 radical (unpaired) electrons. The van der Waals surface area contributed by atoms with E-state index in [9.17, 15) is 9.59 Å². The Balaban J connectivity index is 1.60. The number of benzene rings is 2. The minimum Gasteiger partial charge on any atom is -0.492 e. The highest BCUT2D eigenvalue weighted by atomic mass is 16.5. The molecule has 1 saturated carbocycles. The lowest BCUT2D eigenvalue weighted by atomic mass is 9.76. The number of rotatable bonds is 10. The molecular weight excluding hydrogens is 490 g/mol. The van der Waals surface area contributed by atoms with E-state index in [-0.39, 0.29) is 11.8 Å². The normalized spacial score (nSPS) is 16.9. The van der Waals surface area contributed by atoms with Crippen molar-refractivity contribution in [2.45, 2.75) is 58.4 Å². The van der Waals surface area contributed by atoms with E-state index in [1.165, 1.54) is 0 Å². The number of nitrogens with one attached hydrogen (secondary N) is 1. The Labute approximate surface area is 230 Å². The number of aromatic nitrogens is 1. The van der Waals surface area contributed by atoms with Gasteiger partial charge >= 0.3 is 0 Å². The molecule has 7 nitrogen and oxygen atoms in total. The predicted octanol–water partition coefficient (Wildman–Crippen LogP) is 6.14. The molecule has 204 valence electrons. The van der Waals surface area contributed by atoms with E-state index in [2.05, 4.69) is 10.3 Å². The topological polar surface area (TPSA) is 80.8 Å². The molecule has 39 heavy (non-hydrogen) atoms. The maximum atomic E-state index is 14.6. The van der Waals surface area contributed by atoms with Gasteiger partial charge in [-0.3, -0.25) is 19.5 Å². The highest BCUT2D eigenvalue weighted by Gasteiger charge is 2.51. The largest absolute Gasteiger partial charge is 0.492 e. The molecule has 1 atom stereocenters. The van der Waals surface area contributed by atoms with E-state index >= 15 is 0 Å². The molecule has 2 aromatic carbocycles. The van der Waals surface area contributed by atoms with Crippen LogP contribution >= 0.6 is 0 Å². The van der Waals surface area contributed by atoms with Gasteiger partial charge in [0.2, 0.25) is 5.91 Å². The second-order valence-electron chi connectivity index (χ2n) is 11.0. The van der Waals surface area contributed by atoms with Gasteiger partial charge in [-0.1, -0.05) is 50.6 Å². The third-order valence-electron chi connectivity index (χ3n) is 7.72. The van der Waals surface area contributed by atoms with Gasteiger partial charge in [-0.2, -0.15) is 0 Å². The highest BCUT2D eigenvalue weighted by molar-refractivity contribution is 6.12. The van der Waals surface area contributed by atoms with E-state index in [0.717, 1.165) is 36.8 Å². The lowest BCUT2D eigenvalue weighted by Gasteiger charge is -2.47. The number of ether oxygens (including phenoxy) is 2. The summed E-state index contributed by atoms with van der Waals surface area (Å²) in [5.74, 6) is 0.434. The summed E-state index contributed by atoms with van der Waals surface area (Å²) in [4.78, 5) is 34.8. The number of hydrogen-bond donors (Lipinski definition) is 1. The van der Waals surface area contributed by atoms with E-state index in [4.69, 9.17) is 9.47 Å². The van der Waals surface area contributed by atoms with Crippen LogP contribution in [0.1, 0.15) is 66.9 Å². The fraction of sp³-hybridized carbons (Fsp3) is 0.406. The van der Waals surface area contributed by atoms with Gasteiger partial charge in [-0.15, -0.1) is 0 Å². The molecule has 2 fully saturated rings. The first kappa shape index (κ1) is 26.9. The van der Waals surface area contributed by atoms with Gasteiger partial charge < -0.3 is 14.8 Å². The van der Waals surface area contributed by atoms with Crippen LogP contribution in [-0.2, 0) is 9.53 Å². The Bertz CT molecular complexity index is 1330. The molecule has 2 amide bonds. The van der Waals surface area contributed by atoms with Crippen LogP contribution in [0.5, 0.6) is 5.75 Å². The number of nitrogens with zero attached hydrogens (tertiary/aromatic N) is 2. The number of aryl methyl sites for hydroxylation is 1. The van der Waals surface area contributed by atoms with Crippen LogP contribution < -0.4 is 15.0 Å². The van der Waals surface area contributed by atoms with Gasteiger partial charge in [0, 0.05) is 22.7 Å². The number of carbonyl (C=O) groups is 2. The zero-order valence-corrected chi connectivity index (χ0v) is 23.0. The summed E-state index contributed by atoms with van der Waals surface area (Å²) < 4.78 is 11.5. The molecule has 0 spiro atoms. The molecule has 1 aliphatic heterocycles. The molecule has 1 aromatic heterocycles. The van der Waals surface area contributed by atoms with Crippen molar-refractivity contribution >= 4 is 23.2 Å². The summed E-state index contributed by atoms with van der Waals surface area (Å²) in [5.41, 5.74) is 3.32. The van der Waals surface area contributed by atoms with Crippen LogP contribution in [0.25, 0.3) is 0 Å². The second kappa shape index (κ2) is 11.6. The van der Waals surface area contributed by atoms with Gasteiger partial charge in [0.1, 0.15) is 11.8 Å². The molecule has 1 saturated heterocycles. The van der Waals surface area contributed by atoms with Crippen LogP contribution in [0, 0.1) is 12.3 Å². The lowest BCUT2D eigenvalue weighted by molar-refractivity contribution is -0.140. The molecule has 1 N–H and O–H groups in total. The zero-order valence-electron chi connectivity index (χ0n) is 23.0. The number of pyridine rings is 1. The zero-order chi connectivity index (χ0) is 27.4. The first-order valence-corrected chi connectivity index (χ1v) is 13.9. The summed E-state index contributed by atoms with van der Waals surface area (Å²) >= 11 is 0. The average molecular weight is 528 g/mol. The van der Waals surface area contributed by atoms with Crippen LogP contribution in [0.15, 0.2) is 67.0 Å². The van der Waals surface area contributed by atoms with Crippen molar-refractivity contribution in [1.82, 2.24) is 4.98 Å². The van der Waals surface area contributed by atoms with E-state index < -0.39 is 11.5 Å². The van der Waals surface area contributed by atoms with Crippen LogP contribution in [0.4, 0.5) is 11.4 Å². The summed E-state index contributed by atoms with van der Waals surface area (Å²) in [6, 6.07) is 16.4. The second-order valence-corrected chi connectivity index (χ2v) is 11.0. The van der Waals surface area contributed by atoms with E-state index in [0.29, 0.717) is 48.4 Å². The molecule has 2 heterocycles. The summed E-state index contributed by atoms with van der Waals surface area (Å²) in [6.07, 6.45) is 7.41. The van der Waals surface area contributed by atoms with Crippen LogP contribution in [-0.4, -0.2) is 42.7 Å². The SMILES string of the molecule is CCCOc1cncc(N(C(=O)c2ccccc2C2CCC2)C(C(=O)Nc2cccc(C)c2)C2(C)COC2)c1. The standard InChI is InChI=1S/C32H37N3O4/c1-4-15-39-26-17-25(18-33-19-26)35(31(37)28-14-6-5-13-27(28)23-10-8-11-23)29(32(3)20-38-21-32)30(36)34-24-12-7-9-22(2)16-24/h5-7,9,12-14,16-19,23,29H,4,8,10-11,15,20-21H2,1-3H3,(H,34,36). The first-order valence-electron chi connectivity index (χ1n) is 13.9. The van der Waals surface area contributed by atoms with Gasteiger partial charge in [0.05, 0.1) is 37.9 Å². The highest BCUT2D eigenvalue weighted by Crippen LogP contribution is 2.41. The number of amides is 2. The Morgan fingerprint density at radius 3 is 2.59 bits per heavy atom. The molecule has 7 heteroatoms. The van der Waals surface area contributed by atoms with Crippen molar-refractivity contribution in [2.24, 2.45) is 5.41 Å². The number of carbonyl (C=O) groups excluding carboxylic acids is 2. The summed E-state index contributed by atoms with van der Waals surface area (Å²) in [6.45, 7) is 7.29. The van der Waals surface area contributed by atoms with E-state index in [1.54, 1.807) is 17.3 Å². The van der Waals surface area contributed by atoms with Crippen LogP contribution in [0.3, 0.4) is 0 Å². The Hall–Kier alpha value is -3.71. The first-order chi connectivity index (χ1) is 18.9. The van der Waals surface area contributed by atoms with Crippen molar-refractivity contribution in [2.75, 3.05) is 30.0 Å². The third kappa shape index (κ3) is 5.69. The van der Waals surface area contributed by atoms with Crippen molar-refractivity contribution in [3.63, 3.8) is 0 Å². The minimum atomic E-state index is -0.836. The van der Waals surface area contributed by atoms with Gasteiger partial charge in [-0.05, 0) is 61.4 Å². The molecule has 0 bridgehead atoms. The molecular formula is C32H37N3O4. The maximum Gasteiger partial charge on any atom is 0.259 e. The fourth-order valence-corrected chi connectivity index (χ4v) is 5.38. The van der Waals surface area contributed by atoms with Crippen molar-refractivity contribution in [3.8, 4) is 5.75 Å². The molecule has 3 aromatic rings. The monoisotopic (exact) mass is 527 g/mol. The summed E-state index contributed by atoms with van der Waals surface area (Å²) in [7, 11) is 0. The van der Waals surface area contributed by atoms with Crippen LogP contribution in [0.2, 0.25) is 0 Å². The quantitative estimate of drug-likeness (QED) is 0.343. The fourth-order valence-electron chi connectivity index (χ4n) is 5.38. The predicted molar refractivity (Wildman–Crippen MR) is 152 cm³/mol. The Kier molecular flexibility index (Phi) is 7.98. The molecule has 2 aliphatic rings. The van der Waals surface area contributed by atoms with Crippen molar-refractivity contribution in [1.29, 1.82) is 0 Å². The van der Waals surface area contributed by atoms with Crippen molar-refractivity contribution < 1.29 is 19.1 Å². The molecule has 5 rings (SSSR count). The maximum absolute atomic E-state index is 14.6.